The number of ether oxygens (including phenoxy) is 3. The van der Waals surface area contributed by atoms with E-state index in [1.54, 1.807) is 30.2 Å². The van der Waals surface area contributed by atoms with Gasteiger partial charge in [0.05, 0.1) is 12.0 Å². The lowest BCUT2D eigenvalue weighted by Crippen LogP contribution is -2.29. The second-order valence-electron chi connectivity index (χ2n) is 7.53. The molecule has 2 aliphatic heterocycles. The van der Waals surface area contributed by atoms with Crippen LogP contribution in [-0.2, 0) is 9.59 Å². The van der Waals surface area contributed by atoms with Gasteiger partial charge in [-0.25, -0.2) is 0 Å². The first-order valence-electron chi connectivity index (χ1n) is 10.6. The number of methoxy groups -OCH3 is 1. The van der Waals surface area contributed by atoms with Gasteiger partial charge < -0.3 is 19.5 Å². The number of unbranched alkanes of at least 4 members (excludes halogenated alkanes) is 2. The molecule has 2 aromatic carbocycles. The van der Waals surface area contributed by atoms with Gasteiger partial charge in [-0.2, -0.15) is 0 Å². The summed E-state index contributed by atoms with van der Waals surface area (Å²) < 4.78 is 16.3. The van der Waals surface area contributed by atoms with E-state index in [0.717, 1.165) is 30.6 Å². The van der Waals surface area contributed by atoms with Crippen molar-refractivity contribution in [3.63, 3.8) is 0 Å². The van der Waals surface area contributed by atoms with Gasteiger partial charge in [0, 0.05) is 24.7 Å². The van der Waals surface area contributed by atoms with E-state index < -0.39 is 0 Å². The van der Waals surface area contributed by atoms with Crippen LogP contribution in [0.25, 0.3) is 6.08 Å². The topological polar surface area (TPSA) is 77.1 Å². The zero-order chi connectivity index (χ0) is 23.2. The summed E-state index contributed by atoms with van der Waals surface area (Å²) in [6, 6.07) is 12.8. The lowest BCUT2D eigenvalue weighted by molar-refractivity contribution is -0.122. The van der Waals surface area contributed by atoms with Crippen molar-refractivity contribution >= 4 is 51.9 Å². The quantitative estimate of drug-likeness (QED) is 0.310. The van der Waals surface area contributed by atoms with Gasteiger partial charge in [-0.1, -0.05) is 42.5 Å². The fourth-order valence-electron chi connectivity index (χ4n) is 3.47. The Bertz CT molecular complexity index is 1080. The zero-order valence-corrected chi connectivity index (χ0v) is 19.8. The first kappa shape index (κ1) is 23.1. The molecule has 33 heavy (non-hydrogen) atoms. The third-order valence-corrected chi connectivity index (χ3v) is 6.61. The molecule has 0 bridgehead atoms. The first-order valence-corrected chi connectivity index (χ1v) is 11.8. The molecule has 2 aromatic rings. The molecule has 2 aliphatic rings. The lowest BCUT2D eigenvalue weighted by Gasteiger charge is -2.14. The summed E-state index contributed by atoms with van der Waals surface area (Å²) in [4.78, 5) is 27.2. The van der Waals surface area contributed by atoms with Crippen LogP contribution in [0.5, 0.6) is 17.2 Å². The minimum atomic E-state index is -0.0682. The number of thiocarbonyl (C=S) groups is 1. The van der Waals surface area contributed by atoms with Crippen LogP contribution in [0.15, 0.2) is 47.4 Å². The summed E-state index contributed by atoms with van der Waals surface area (Å²) in [5, 5.41) is 2.88. The molecule has 2 amide bonds. The van der Waals surface area contributed by atoms with Crippen LogP contribution in [0, 0.1) is 0 Å². The molecule has 1 N–H and O–H groups in total. The monoisotopic (exact) mass is 484 g/mol. The van der Waals surface area contributed by atoms with Gasteiger partial charge in [0.25, 0.3) is 5.91 Å². The smallest absolute Gasteiger partial charge is 0.266 e. The van der Waals surface area contributed by atoms with Crippen LogP contribution < -0.4 is 19.5 Å². The van der Waals surface area contributed by atoms with Crippen LogP contribution >= 0.6 is 24.0 Å². The number of thioether (sulfide) groups is 1. The zero-order valence-electron chi connectivity index (χ0n) is 18.2. The number of nitrogens with one attached hydrogen (secondary N) is 1. The number of rotatable bonds is 9. The molecular formula is C24H24N2O5S2. The number of hydrogen-bond donors (Lipinski definition) is 1. The van der Waals surface area contributed by atoms with Crippen LogP contribution in [0.3, 0.4) is 0 Å². The Hall–Kier alpha value is -3.04. The van der Waals surface area contributed by atoms with Crippen LogP contribution in [0.4, 0.5) is 5.69 Å². The highest BCUT2D eigenvalue weighted by Crippen LogP contribution is 2.34. The number of nitrogens with zero attached hydrogens (tertiary/aromatic N) is 1. The predicted octanol–water partition coefficient (Wildman–Crippen LogP) is 4.82. The van der Waals surface area contributed by atoms with Gasteiger partial charge in [-0.05, 0) is 48.7 Å². The fraction of sp³-hybridized carbons (Fsp3) is 0.292. The molecule has 1 fully saturated rings. The maximum Gasteiger partial charge on any atom is 0.266 e. The fourth-order valence-corrected chi connectivity index (χ4v) is 4.78. The summed E-state index contributed by atoms with van der Waals surface area (Å²) in [5.41, 5.74) is 1.61. The Morgan fingerprint density at radius 1 is 1.15 bits per heavy atom. The molecule has 4 rings (SSSR count). The van der Waals surface area contributed by atoms with Crippen molar-refractivity contribution in [2.75, 3.05) is 25.8 Å². The van der Waals surface area contributed by atoms with Gasteiger partial charge in [0.2, 0.25) is 12.7 Å². The molecule has 0 aromatic heterocycles. The highest BCUT2D eigenvalue weighted by Gasteiger charge is 2.31. The van der Waals surface area contributed by atoms with E-state index in [1.807, 2.05) is 30.3 Å². The summed E-state index contributed by atoms with van der Waals surface area (Å²) in [6.07, 6.45) is 4.58. The van der Waals surface area contributed by atoms with E-state index >= 15 is 0 Å². The molecule has 0 saturated carbocycles. The molecule has 172 valence electrons. The predicted molar refractivity (Wildman–Crippen MR) is 133 cm³/mol. The molecule has 0 spiro atoms. The summed E-state index contributed by atoms with van der Waals surface area (Å²) >= 11 is 6.72. The van der Waals surface area contributed by atoms with Crippen molar-refractivity contribution < 1.29 is 23.8 Å². The third kappa shape index (κ3) is 5.85. The number of hydrogen-bond acceptors (Lipinski definition) is 7. The average molecular weight is 485 g/mol. The molecule has 2 heterocycles. The van der Waals surface area contributed by atoms with Crippen molar-refractivity contribution in [2.45, 2.75) is 25.7 Å². The van der Waals surface area contributed by atoms with Crippen molar-refractivity contribution in [2.24, 2.45) is 0 Å². The van der Waals surface area contributed by atoms with Gasteiger partial charge in [0.15, 0.2) is 11.5 Å². The van der Waals surface area contributed by atoms with E-state index in [1.165, 1.54) is 11.8 Å². The van der Waals surface area contributed by atoms with Crippen molar-refractivity contribution in [1.29, 1.82) is 0 Å². The largest absolute Gasteiger partial charge is 0.497 e. The van der Waals surface area contributed by atoms with E-state index in [9.17, 15) is 9.59 Å². The Balaban J connectivity index is 1.19. The van der Waals surface area contributed by atoms with E-state index in [0.29, 0.717) is 39.4 Å². The van der Waals surface area contributed by atoms with Gasteiger partial charge in [-0.15, -0.1) is 0 Å². The number of benzene rings is 2. The molecule has 0 aliphatic carbocycles. The second kappa shape index (κ2) is 10.7. The summed E-state index contributed by atoms with van der Waals surface area (Å²) in [5.74, 6) is 1.97. The Morgan fingerprint density at radius 2 is 1.94 bits per heavy atom. The standard InChI is InChI=1S/C24H24N2O5S2/c1-29-18-9-6-16(7-10-18)13-21-23(28)26(24(32)33-21)12-4-2-3-5-22(27)25-17-8-11-19-20(14-17)31-15-30-19/h6-11,13-14H,2-5,12,15H2,1H3,(H,25,27). The van der Waals surface area contributed by atoms with Gasteiger partial charge in [0.1, 0.15) is 10.1 Å². The Kier molecular flexibility index (Phi) is 7.51. The maximum absolute atomic E-state index is 12.7. The SMILES string of the molecule is COc1ccc(C=C2SC(=S)N(CCCCCC(=O)Nc3ccc4c(c3)OCO4)C2=O)cc1. The molecule has 7 nitrogen and oxygen atoms in total. The van der Waals surface area contributed by atoms with E-state index in [2.05, 4.69) is 5.32 Å². The summed E-state index contributed by atoms with van der Waals surface area (Å²) in [6.45, 7) is 0.751. The number of anilines is 1. The van der Waals surface area contributed by atoms with Crippen LogP contribution in [-0.4, -0.2) is 41.5 Å². The number of fused-ring (bicyclic) bond motifs is 1. The number of carbonyl (C=O) groups excluding carboxylic acids is 2. The number of amides is 2. The second-order valence-corrected chi connectivity index (χ2v) is 9.21. The van der Waals surface area contributed by atoms with Gasteiger partial charge in [-0.3, -0.25) is 14.5 Å². The van der Waals surface area contributed by atoms with E-state index in [4.69, 9.17) is 26.4 Å². The molecule has 0 unspecified atom stereocenters. The Labute approximate surface area is 202 Å². The van der Waals surface area contributed by atoms with Crippen molar-refractivity contribution in [3.05, 3.63) is 52.9 Å². The summed E-state index contributed by atoms with van der Waals surface area (Å²) in [7, 11) is 1.62. The van der Waals surface area contributed by atoms with Gasteiger partial charge >= 0.3 is 0 Å². The van der Waals surface area contributed by atoms with Crippen LogP contribution in [0.2, 0.25) is 0 Å². The minimum Gasteiger partial charge on any atom is -0.497 e. The Morgan fingerprint density at radius 3 is 2.73 bits per heavy atom. The normalized spacial score (nSPS) is 15.9. The molecule has 0 radical (unpaired) electrons. The highest BCUT2D eigenvalue weighted by molar-refractivity contribution is 8.26. The van der Waals surface area contributed by atoms with E-state index in [-0.39, 0.29) is 18.6 Å². The molecule has 9 heteroatoms. The third-order valence-electron chi connectivity index (χ3n) is 5.23. The first-order chi connectivity index (χ1) is 16.0. The molecular weight excluding hydrogens is 460 g/mol. The maximum atomic E-state index is 12.7. The molecule has 1 saturated heterocycles. The van der Waals surface area contributed by atoms with Crippen molar-refractivity contribution in [3.8, 4) is 17.2 Å². The van der Waals surface area contributed by atoms with Crippen LogP contribution in [0.1, 0.15) is 31.2 Å². The average Bonchev–Trinajstić information content (AvgIpc) is 3.38. The highest BCUT2D eigenvalue weighted by atomic mass is 32.2. The molecule has 0 atom stereocenters. The lowest BCUT2D eigenvalue weighted by atomic mass is 10.1. The van der Waals surface area contributed by atoms with Crippen molar-refractivity contribution in [1.82, 2.24) is 4.90 Å². The number of carbonyl (C=O) groups is 2. The minimum absolute atomic E-state index is 0.0538.